The normalized spacial score (nSPS) is 20.2. The average molecular weight is 240 g/mol. The molecule has 0 aliphatic carbocycles. The van der Waals surface area contributed by atoms with E-state index >= 15 is 0 Å². The van der Waals surface area contributed by atoms with E-state index in [2.05, 4.69) is 24.1 Å². The first-order valence-corrected chi connectivity index (χ1v) is 7.08. The van der Waals surface area contributed by atoms with Crippen molar-refractivity contribution >= 4 is 5.91 Å². The summed E-state index contributed by atoms with van der Waals surface area (Å²) in [6, 6.07) is 0. The molecule has 1 aliphatic heterocycles. The van der Waals surface area contributed by atoms with Crippen molar-refractivity contribution in [2.24, 2.45) is 5.41 Å². The maximum absolute atomic E-state index is 11.2. The van der Waals surface area contributed by atoms with Crippen LogP contribution in [-0.4, -0.2) is 37.5 Å². The molecule has 0 aromatic heterocycles. The van der Waals surface area contributed by atoms with Crippen LogP contribution in [0.3, 0.4) is 0 Å². The first-order valence-electron chi connectivity index (χ1n) is 7.08. The Labute approximate surface area is 106 Å². The van der Waals surface area contributed by atoms with Gasteiger partial charge in [-0.2, -0.15) is 0 Å². The highest BCUT2D eigenvalue weighted by atomic mass is 16.1. The molecule has 0 aromatic carbocycles. The van der Waals surface area contributed by atoms with Crippen LogP contribution in [0.4, 0.5) is 0 Å². The van der Waals surface area contributed by atoms with Gasteiger partial charge in [-0.05, 0) is 37.8 Å². The van der Waals surface area contributed by atoms with E-state index in [9.17, 15) is 4.79 Å². The molecule has 1 saturated heterocycles. The Morgan fingerprint density at radius 3 is 2.41 bits per heavy atom. The molecule has 1 heterocycles. The molecule has 3 nitrogen and oxygen atoms in total. The van der Waals surface area contributed by atoms with Crippen LogP contribution in [0.1, 0.15) is 52.4 Å². The second kappa shape index (κ2) is 7.00. The van der Waals surface area contributed by atoms with Gasteiger partial charge in [0, 0.05) is 20.0 Å². The lowest BCUT2D eigenvalue weighted by molar-refractivity contribution is -0.121. The highest BCUT2D eigenvalue weighted by molar-refractivity contribution is 5.75. The van der Waals surface area contributed by atoms with Crippen LogP contribution in [0.2, 0.25) is 0 Å². The number of likely N-dealkylation sites (tertiary alicyclic amines) is 1. The summed E-state index contributed by atoms with van der Waals surface area (Å²) < 4.78 is 0. The van der Waals surface area contributed by atoms with Crippen LogP contribution < -0.4 is 5.32 Å². The fraction of sp³-hybridized carbons (Fsp3) is 0.929. The van der Waals surface area contributed by atoms with Crippen molar-refractivity contribution in [3.05, 3.63) is 0 Å². The van der Waals surface area contributed by atoms with Crippen LogP contribution in [-0.2, 0) is 4.79 Å². The van der Waals surface area contributed by atoms with Crippen molar-refractivity contribution in [1.82, 2.24) is 10.2 Å². The molecule has 1 rings (SSSR count). The minimum Gasteiger partial charge on any atom is -0.359 e. The largest absolute Gasteiger partial charge is 0.359 e. The third-order valence-corrected chi connectivity index (χ3v) is 4.38. The van der Waals surface area contributed by atoms with Gasteiger partial charge in [0.25, 0.3) is 0 Å². The zero-order valence-corrected chi connectivity index (χ0v) is 11.7. The van der Waals surface area contributed by atoms with E-state index in [0.29, 0.717) is 11.8 Å². The summed E-state index contributed by atoms with van der Waals surface area (Å²) in [5.41, 5.74) is 0.596. The second-order valence-electron chi connectivity index (χ2n) is 5.37. The fourth-order valence-corrected chi connectivity index (χ4v) is 2.95. The second-order valence-corrected chi connectivity index (χ2v) is 5.37. The Morgan fingerprint density at radius 1 is 1.29 bits per heavy atom. The summed E-state index contributed by atoms with van der Waals surface area (Å²) in [7, 11) is 1.71. The number of nitrogens with zero attached hydrogens (tertiary/aromatic N) is 1. The maximum Gasteiger partial charge on any atom is 0.221 e. The number of carbonyl (C=O) groups excluding carboxylic acids is 1. The third-order valence-electron chi connectivity index (χ3n) is 4.38. The van der Waals surface area contributed by atoms with Gasteiger partial charge in [-0.3, -0.25) is 4.79 Å². The summed E-state index contributed by atoms with van der Waals surface area (Å²) in [6.45, 7) is 7.88. The molecule has 17 heavy (non-hydrogen) atoms. The molecule has 1 aliphatic rings. The first-order chi connectivity index (χ1) is 8.15. The van der Waals surface area contributed by atoms with Crippen molar-refractivity contribution in [3.63, 3.8) is 0 Å². The number of nitrogens with one attached hydrogen (secondary N) is 1. The molecule has 0 bridgehead atoms. The van der Waals surface area contributed by atoms with E-state index in [-0.39, 0.29) is 5.91 Å². The standard InChI is InChI=1S/C14H28N2O/c1-4-7-14(5-2)8-11-16(12-9-14)10-6-13(17)15-3/h4-12H2,1-3H3,(H,15,17). The topological polar surface area (TPSA) is 32.3 Å². The quantitative estimate of drug-likeness (QED) is 0.773. The Morgan fingerprint density at radius 2 is 1.94 bits per heavy atom. The van der Waals surface area contributed by atoms with Crippen molar-refractivity contribution in [2.45, 2.75) is 52.4 Å². The number of hydrogen-bond acceptors (Lipinski definition) is 2. The first kappa shape index (κ1) is 14.5. The molecule has 1 fully saturated rings. The highest BCUT2D eigenvalue weighted by Gasteiger charge is 2.31. The van der Waals surface area contributed by atoms with Gasteiger partial charge in [0.15, 0.2) is 0 Å². The Hall–Kier alpha value is -0.570. The minimum absolute atomic E-state index is 0.158. The summed E-state index contributed by atoms with van der Waals surface area (Å²) in [5.74, 6) is 0.158. The van der Waals surface area contributed by atoms with E-state index in [1.165, 1.54) is 45.2 Å². The zero-order chi connectivity index (χ0) is 12.7. The predicted octanol–water partition coefficient (Wildman–Crippen LogP) is 2.41. The summed E-state index contributed by atoms with van der Waals surface area (Å²) in [5, 5.41) is 2.69. The third kappa shape index (κ3) is 4.30. The van der Waals surface area contributed by atoms with E-state index in [1.54, 1.807) is 7.05 Å². The Balaban J connectivity index is 2.31. The number of rotatable bonds is 6. The van der Waals surface area contributed by atoms with Gasteiger partial charge in [0.2, 0.25) is 5.91 Å². The van der Waals surface area contributed by atoms with Crippen LogP contribution >= 0.6 is 0 Å². The molecule has 100 valence electrons. The van der Waals surface area contributed by atoms with Crippen molar-refractivity contribution in [2.75, 3.05) is 26.7 Å². The molecule has 0 atom stereocenters. The zero-order valence-electron chi connectivity index (χ0n) is 11.7. The summed E-state index contributed by atoms with van der Waals surface area (Å²) in [6.07, 6.45) is 7.24. The molecule has 3 heteroatoms. The molecule has 0 unspecified atom stereocenters. The van der Waals surface area contributed by atoms with Gasteiger partial charge in [-0.15, -0.1) is 0 Å². The minimum atomic E-state index is 0.158. The monoisotopic (exact) mass is 240 g/mol. The Kier molecular flexibility index (Phi) is 5.96. The number of piperidine rings is 1. The van der Waals surface area contributed by atoms with Crippen molar-refractivity contribution < 1.29 is 4.79 Å². The Bertz CT molecular complexity index is 232. The van der Waals surface area contributed by atoms with Crippen molar-refractivity contribution in [1.29, 1.82) is 0 Å². The molecule has 0 radical (unpaired) electrons. The van der Waals surface area contributed by atoms with Gasteiger partial charge >= 0.3 is 0 Å². The number of carbonyl (C=O) groups is 1. The number of hydrogen-bond donors (Lipinski definition) is 1. The van der Waals surface area contributed by atoms with E-state index in [4.69, 9.17) is 0 Å². The molecule has 0 spiro atoms. The maximum atomic E-state index is 11.2. The smallest absolute Gasteiger partial charge is 0.221 e. The van der Waals surface area contributed by atoms with Gasteiger partial charge in [-0.1, -0.05) is 26.7 Å². The molecule has 1 N–H and O–H groups in total. The lowest BCUT2D eigenvalue weighted by Gasteiger charge is -2.41. The van der Waals surface area contributed by atoms with Gasteiger partial charge in [0.1, 0.15) is 0 Å². The number of amides is 1. The van der Waals surface area contributed by atoms with Gasteiger partial charge in [-0.25, -0.2) is 0 Å². The van der Waals surface area contributed by atoms with Crippen LogP contribution in [0.15, 0.2) is 0 Å². The van der Waals surface area contributed by atoms with E-state index in [1.807, 2.05) is 0 Å². The van der Waals surface area contributed by atoms with Crippen LogP contribution in [0.25, 0.3) is 0 Å². The van der Waals surface area contributed by atoms with Crippen LogP contribution in [0, 0.1) is 5.41 Å². The predicted molar refractivity (Wildman–Crippen MR) is 72.0 cm³/mol. The van der Waals surface area contributed by atoms with Gasteiger partial charge < -0.3 is 10.2 Å². The summed E-state index contributed by atoms with van der Waals surface area (Å²) >= 11 is 0. The van der Waals surface area contributed by atoms with E-state index < -0.39 is 0 Å². The van der Waals surface area contributed by atoms with Crippen molar-refractivity contribution in [3.8, 4) is 0 Å². The molecular weight excluding hydrogens is 212 g/mol. The highest BCUT2D eigenvalue weighted by Crippen LogP contribution is 2.39. The molecular formula is C14H28N2O. The molecule has 0 saturated carbocycles. The van der Waals surface area contributed by atoms with Crippen LogP contribution in [0.5, 0.6) is 0 Å². The molecule has 1 amide bonds. The van der Waals surface area contributed by atoms with E-state index in [0.717, 1.165) is 6.54 Å². The lowest BCUT2D eigenvalue weighted by Crippen LogP contribution is -2.41. The average Bonchev–Trinajstić information content (AvgIpc) is 2.38. The molecule has 0 aromatic rings. The summed E-state index contributed by atoms with van der Waals surface area (Å²) in [4.78, 5) is 13.6. The lowest BCUT2D eigenvalue weighted by atomic mass is 9.73. The fourth-order valence-electron chi connectivity index (χ4n) is 2.95. The SMILES string of the molecule is CCCC1(CC)CCN(CCC(=O)NC)CC1. The van der Waals surface area contributed by atoms with Gasteiger partial charge in [0.05, 0.1) is 0 Å².